The van der Waals surface area contributed by atoms with Gasteiger partial charge in [-0.3, -0.25) is 4.79 Å². The van der Waals surface area contributed by atoms with Crippen LogP contribution in [0, 0.1) is 0 Å². The third-order valence-electron chi connectivity index (χ3n) is 4.63. The van der Waals surface area contributed by atoms with E-state index in [0.29, 0.717) is 25.8 Å². The number of carbonyl (C=O) groups excluding carboxylic acids is 1. The van der Waals surface area contributed by atoms with Crippen molar-refractivity contribution in [3.8, 4) is 0 Å². The van der Waals surface area contributed by atoms with Crippen LogP contribution in [0.5, 0.6) is 0 Å². The lowest BCUT2D eigenvalue weighted by atomic mass is 10.1. The van der Waals surface area contributed by atoms with Crippen LogP contribution in [-0.4, -0.2) is 29.3 Å². The minimum Gasteiger partial charge on any atom is -0.798 e. The number of benzene rings is 1. The fourth-order valence-electron chi connectivity index (χ4n) is 3.36. The first kappa shape index (κ1) is 14.8. The molecule has 5 heteroatoms. The lowest BCUT2D eigenvalue weighted by Crippen LogP contribution is -2.36. The normalized spacial score (nSPS) is 22.7. The first-order chi connectivity index (χ1) is 10.1. The Kier molecular flexibility index (Phi) is 4.19. The average molecular weight is 306 g/mol. The van der Waals surface area contributed by atoms with Crippen molar-refractivity contribution in [2.24, 2.45) is 0 Å². The van der Waals surface area contributed by atoms with Gasteiger partial charge in [-0.2, -0.15) is 0 Å². The molecule has 1 saturated heterocycles. The van der Waals surface area contributed by atoms with Crippen LogP contribution < -0.4 is 4.89 Å². The first-order valence-electron chi connectivity index (χ1n) is 7.70. The Morgan fingerprint density at radius 1 is 1.14 bits per heavy atom. The lowest BCUT2D eigenvalue weighted by Gasteiger charge is -2.35. The van der Waals surface area contributed by atoms with Gasteiger partial charge in [-0.05, 0) is 36.8 Å². The summed E-state index contributed by atoms with van der Waals surface area (Å²) in [6.45, 7) is 0.588. The fourth-order valence-corrected chi connectivity index (χ4v) is 5.31. The number of fused-ring (bicyclic) bond motifs is 1. The van der Waals surface area contributed by atoms with Crippen LogP contribution in [0.3, 0.4) is 0 Å². The van der Waals surface area contributed by atoms with Gasteiger partial charge in [0.15, 0.2) is 0 Å². The van der Waals surface area contributed by atoms with Gasteiger partial charge in [-0.25, -0.2) is 0 Å². The molecular formula is C16H21NO3P-. The predicted molar refractivity (Wildman–Crippen MR) is 80.3 cm³/mol. The summed E-state index contributed by atoms with van der Waals surface area (Å²) in [5.74, 6) is -0.000846. The molecule has 0 saturated carbocycles. The molecule has 1 amide bonds. The van der Waals surface area contributed by atoms with Crippen LogP contribution in [0.2, 0.25) is 0 Å². The quantitative estimate of drug-likeness (QED) is 0.804. The second-order valence-corrected chi connectivity index (χ2v) is 8.63. The van der Waals surface area contributed by atoms with Gasteiger partial charge >= 0.3 is 0 Å². The highest BCUT2D eigenvalue weighted by atomic mass is 31.2. The number of hydrogen-bond donors (Lipinski definition) is 0. The number of nitrogens with zero attached hydrogens (tertiary/aromatic N) is 1. The monoisotopic (exact) mass is 306 g/mol. The van der Waals surface area contributed by atoms with Crippen LogP contribution in [0.15, 0.2) is 24.3 Å². The molecule has 0 radical (unpaired) electrons. The molecule has 114 valence electrons. The Morgan fingerprint density at radius 3 is 2.48 bits per heavy atom. The molecule has 0 spiro atoms. The zero-order valence-electron chi connectivity index (χ0n) is 12.2. The highest BCUT2D eigenvalue weighted by molar-refractivity contribution is 7.57. The van der Waals surface area contributed by atoms with Crippen molar-refractivity contribution >= 4 is 13.3 Å². The number of amides is 1. The van der Waals surface area contributed by atoms with Gasteiger partial charge in [0.25, 0.3) is 0 Å². The van der Waals surface area contributed by atoms with Gasteiger partial charge in [-0.1, -0.05) is 30.7 Å². The Labute approximate surface area is 125 Å². The molecule has 3 rings (SSSR count). The molecule has 1 aliphatic heterocycles. The average Bonchev–Trinajstić information content (AvgIpc) is 2.81. The fraction of sp³-hybridized carbons (Fsp3) is 0.562. The molecule has 21 heavy (non-hydrogen) atoms. The topological polar surface area (TPSA) is 60.4 Å². The van der Waals surface area contributed by atoms with Crippen LogP contribution in [0.1, 0.15) is 36.8 Å². The number of hydrogen-bond acceptors (Lipinski definition) is 3. The number of rotatable bonds is 3. The summed E-state index contributed by atoms with van der Waals surface area (Å²) in [6, 6.07) is 7.92. The van der Waals surface area contributed by atoms with Crippen molar-refractivity contribution < 1.29 is 14.3 Å². The first-order valence-corrected chi connectivity index (χ1v) is 9.58. The van der Waals surface area contributed by atoms with Crippen LogP contribution >= 0.6 is 7.37 Å². The van der Waals surface area contributed by atoms with E-state index < -0.39 is 7.37 Å². The number of likely N-dealkylation sites (tertiary alicyclic amines) is 1. The SMILES string of the molecule is O=C1CCCCCN1CP(=O)([O-])C1Cc2ccccc2C1. The van der Waals surface area contributed by atoms with Gasteiger partial charge < -0.3 is 14.4 Å². The molecule has 4 nitrogen and oxygen atoms in total. The molecule has 1 aromatic carbocycles. The summed E-state index contributed by atoms with van der Waals surface area (Å²) >= 11 is 0. The van der Waals surface area contributed by atoms with Crippen molar-refractivity contribution in [3.05, 3.63) is 35.4 Å². The van der Waals surface area contributed by atoms with Crippen LogP contribution in [0.25, 0.3) is 0 Å². The van der Waals surface area contributed by atoms with E-state index in [2.05, 4.69) is 0 Å². The van der Waals surface area contributed by atoms with E-state index in [9.17, 15) is 14.3 Å². The summed E-state index contributed by atoms with van der Waals surface area (Å²) in [7, 11) is -3.59. The van der Waals surface area contributed by atoms with E-state index in [1.54, 1.807) is 4.90 Å². The smallest absolute Gasteiger partial charge is 0.222 e. The van der Waals surface area contributed by atoms with E-state index in [-0.39, 0.29) is 17.9 Å². The van der Waals surface area contributed by atoms with Gasteiger partial charge in [-0.15, -0.1) is 0 Å². The molecule has 0 bridgehead atoms. The summed E-state index contributed by atoms with van der Waals surface area (Å²) in [5.41, 5.74) is 1.94. The van der Waals surface area contributed by atoms with Crippen molar-refractivity contribution in [1.82, 2.24) is 4.90 Å². The van der Waals surface area contributed by atoms with E-state index in [1.807, 2.05) is 24.3 Å². The maximum absolute atomic E-state index is 12.7. The molecule has 1 atom stereocenters. The molecule has 1 fully saturated rings. The Hall–Kier alpha value is -1.12. The molecule has 1 heterocycles. The van der Waals surface area contributed by atoms with E-state index in [0.717, 1.165) is 30.4 Å². The maximum atomic E-state index is 12.7. The highest BCUT2D eigenvalue weighted by Gasteiger charge is 2.32. The molecule has 0 N–H and O–H groups in total. The predicted octanol–water partition coefficient (Wildman–Crippen LogP) is 2.15. The van der Waals surface area contributed by atoms with Crippen molar-refractivity contribution in [2.75, 3.05) is 12.8 Å². The van der Waals surface area contributed by atoms with Crippen LogP contribution in [0.4, 0.5) is 0 Å². The summed E-state index contributed by atoms with van der Waals surface area (Å²) < 4.78 is 12.7. The second kappa shape index (κ2) is 5.94. The summed E-state index contributed by atoms with van der Waals surface area (Å²) in [4.78, 5) is 26.2. The lowest BCUT2D eigenvalue weighted by molar-refractivity contribution is -0.180. The Bertz CT molecular complexity index is 562. The summed E-state index contributed by atoms with van der Waals surface area (Å²) in [5, 5.41) is 0. The minimum absolute atomic E-state index is 0.000846. The third kappa shape index (κ3) is 3.22. The third-order valence-corrected chi connectivity index (χ3v) is 6.84. The molecule has 1 unspecified atom stereocenters. The Morgan fingerprint density at radius 2 is 1.81 bits per heavy atom. The van der Waals surface area contributed by atoms with Gasteiger partial charge in [0, 0.05) is 26.0 Å². The highest BCUT2D eigenvalue weighted by Crippen LogP contribution is 2.48. The Balaban J connectivity index is 1.70. The second-order valence-electron chi connectivity index (χ2n) is 6.17. The maximum Gasteiger partial charge on any atom is 0.222 e. The zero-order valence-corrected chi connectivity index (χ0v) is 13.1. The van der Waals surface area contributed by atoms with Gasteiger partial charge in [0.2, 0.25) is 5.91 Å². The van der Waals surface area contributed by atoms with Crippen molar-refractivity contribution in [2.45, 2.75) is 44.2 Å². The largest absolute Gasteiger partial charge is 0.798 e. The number of carbonyl (C=O) groups is 1. The standard InChI is InChI=1S/C16H22NO3P/c18-16-8-2-1-5-9-17(16)12-21(19,20)15-10-13-6-3-4-7-14(13)11-15/h3-4,6-7,15H,1-2,5,8-12H2,(H,19,20)/p-1. The van der Waals surface area contributed by atoms with Crippen LogP contribution in [-0.2, 0) is 22.2 Å². The van der Waals surface area contributed by atoms with E-state index in [4.69, 9.17) is 0 Å². The van der Waals surface area contributed by atoms with Crippen molar-refractivity contribution in [1.29, 1.82) is 0 Å². The molecule has 2 aliphatic rings. The minimum atomic E-state index is -3.59. The molecule has 1 aliphatic carbocycles. The van der Waals surface area contributed by atoms with Gasteiger partial charge in [0.1, 0.15) is 0 Å². The van der Waals surface area contributed by atoms with E-state index >= 15 is 0 Å². The molecular weight excluding hydrogens is 285 g/mol. The molecule has 0 aromatic heterocycles. The van der Waals surface area contributed by atoms with Gasteiger partial charge in [0.05, 0.1) is 6.29 Å². The molecule has 1 aromatic rings. The van der Waals surface area contributed by atoms with E-state index in [1.165, 1.54) is 0 Å². The zero-order chi connectivity index (χ0) is 14.9. The van der Waals surface area contributed by atoms with Crippen molar-refractivity contribution in [3.63, 3.8) is 0 Å². The summed E-state index contributed by atoms with van der Waals surface area (Å²) in [6.07, 6.45) is 4.41.